The first-order valence-electron chi connectivity index (χ1n) is 6.81. The third-order valence-electron chi connectivity index (χ3n) is 3.71. The summed E-state index contributed by atoms with van der Waals surface area (Å²) >= 11 is 0. The van der Waals surface area contributed by atoms with Gasteiger partial charge in [-0.15, -0.1) is 0 Å². The van der Waals surface area contributed by atoms with Gasteiger partial charge in [0.25, 0.3) is 5.91 Å². The molecular weight excluding hydrogens is 290 g/mol. The SMILES string of the molecule is COC(=O)c1ccc(C(=O)N2CCCC(O)(C(=O)O)C2)cc1. The molecule has 7 heteroatoms. The van der Waals surface area contributed by atoms with Gasteiger partial charge in [0, 0.05) is 12.1 Å². The van der Waals surface area contributed by atoms with Crippen LogP contribution >= 0.6 is 0 Å². The van der Waals surface area contributed by atoms with Gasteiger partial charge in [-0.3, -0.25) is 4.79 Å². The first-order valence-corrected chi connectivity index (χ1v) is 6.81. The molecule has 1 unspecified atom stereocenters. The third-order valence-corrected chi connectivity index (χ3v) is 3.71. The Morgan fingerprint density at radius 1 is 1.18 bits per heavy atom. The minimum atomic E-state index is -1.90. The van der Waals surface area contributed by atoms with Crippen LogP contribution in [0.2, 0.25) is 0 Å². The zero-order chi connectivity index (χ0) is 16.3. The Hall–Kier alpha value is -2.41. The summed E-state index contributed by atoms with van der Waals surface area (Å²) in [5.41, 5.74) is -1.26. The number of esters is 1. The molecule has 118 valence electrons. The number of carboxylic acids is 1. The maximum absolute atomic E-state index is 12.4. The summed E-state index contributed by atoms with van der Waals surface area (Å²) in [4.78, 5) is 36.1. The number of hydrogen-bond acceptors (Lipinski definition) is 5. The van der Waals surface area contributed by atoms with Crippen LogP contribution in [0.4, 0.5) is 0 Å². The van der Waals surface area contributed by atoms with E-state index in [-0.39, 0.29) is 18.9 Å². The Morgan fingerprint density at radius 2 is 1.77 bits per heavy atom. The van der Waals surface area contributed by atoms with E-state index in [9.17, 15) is 19.5 Å². The number of aliphatic carboxylic acids is 1. The van der Waals surface area contributed by atoms with Crippen LogP contribution in [0.3, 0.4) is 0 Å². The van der Waals surface area contributed by atoms with Gasteiger partial charge in [-0.2, -0.15) is 0 Å². The number of benzene rings is 1. The molecule has 7 nitrogen and oxygen atoms in total. The van der Waals surface area contributed by atoms with E-state index in [4.69, 9.17) is 5.11 Å². The molecule has 1 saturated heterocycles. The second-order valence-electron chi connectivity index (χ2n) is 5.24. The maximum Gasteiger partial charge on any atom is 0.337 e. The molecule has 1 aromatic carbocycles. The van der Waals surface area contributed by atoms with Crippen molar-refractivity contribution in [3.8, 4) is 0 Å². The standard InChI is InChI=1S/C15H17NO6/c1-22-13(18)11-5-3-10(4-6-11)12(17)16-8-2-7-15(21,9-16)14(19)20/h3-6,21H,2,7-9H2,1H3,(H,19,20). The van der Waals surface area contributed by atoms with Crippen molar-refractivity contribution >= 4 is 17.8 Å². The summed E-state index contributed by atoms with van der Waals surface area (Å²) in [6.45, 7) is 0.132. The Kier molecular flexibility index (Phi) is 4.46. The fourth-order valence-corrected chi connectivity index (χ4v) is 2.43. The summed E-state index contributed by atoms with van der Waals surface area (Å²) in [5.74, 6) is -2.21. The quantitative estimate of drug-likeness (QED) is 0.789. The lowest BCUT2D eigenvalue weighted by molar-refractivity contribution is -0.163. The molecule has 0 bridgehead atoms. The van der Waals surface area contributed by atoms with E-state index in [0.717, 1.165) is 0 Å². The van der Waals surface area contributed by atoms with Crippen molar-refractivity contribution in [3.05, 3.63) is 35.4 Å². The van der Waals surface area contributed by atoms with Crippen LogP contribution in [0.1, 0.15) is 33.6 Å². The normalized spacial score (nSPS) is 21.3. The van der Waals surface area contributed by atoms with Gasteiger partial charge in [0.1, 0.15) is 0 Å². The Balaban J connectivity index is 2.14. The van der Waals surface area contributed by atoms with Crippen molar-refractivity contribution in [2.24, 2.45) is 0 Å². The number of amides is 1. The van der Waals surface area contributed by atoms with E-state index in [0.29, 0.717) is 24.1 Å². The number of ether oxygens (including phenoxy) is 1. The smallest absolute Gasteiger partial charge is 0.337 e. The molecule has 0 aromatic heterocycles. The first-order chi connectivity index (χ1) is 10.4. The number of carbonyl (C=O) groups excluding carboxylic acids is 2. The summed E-state index contributed by atoms with van der Waals surface area (Å²) < 4.78 is 4.57. The average Bonchev–Trinajstić information content (AvgIpc) is 2.53. The van der Waals surface area contributed by atoms with E-state index < -0.39 is 17.5 Å². The molecule has 1 aliphatic heterocycles. The van der Waals surface area contributed by atoms with Gasteiger partial charge in [0.15, 0.2) is 5.60 Å². The predicted molar refractivity (Wildman–Crippen MR) is 75.5 cm³/mol. The molecule has 1 heterocycles. The van der Waals surface area contributed by atoms with Crippen LogP contribution in [0.15, 0.2) is 24.3 Å². The van der Waals surface area contributed by atoms with Gasteiger partial charge in [-0.1, -0.05) is 0 Å². The second kappa shape index (κ2) is 6.15. The summed E-state index contributed by atoms with van der Waals surface area (Å²) in [5, 5.41) is 19.1. The number of rotatable bonds is 3. The number of piperidine rings is 1. The molecular formula is C15H17NO6. The van der Waals surface area contributed by atoms with Gasteiger partial charge in [0.05, 0.1) is 19.2 Å². The first kappa shape index (κ1) is 16.0. The maximum atomic E-state index is 12.4. The number of carboxylic acid groups (broad SMARTS) is 1. The Morgan fingerprint density at radius 3 is 2.32 bits per heavy atom. The molecule has 0 radical (unpaired) electrons. The third kappa shape index (κ3) is 3.09. The minimum Gasteiger partial charge on any atom is -0.479 e. The number of likely N-dealkylation sites (tertiary alicyclic amines) is 1. The van der Waals surface area contributed by atoms with E-state index >= 15 is 0 Å². The number of β-amino-alcohol motifs (C(OH)–C–C–N with tert-alkyl or cyclic N) is 1. The molecule has 0 aliphatic carbocycles. The molecule has 2 N–H and O–H groups in total. The lowest BCUT2D eigenvalue weighted by atomic mass is 9.92. The molecule has 1 aliphatic rings. The molecule has 0 spiro atoms. The Labute approximate surface area is 127 Å². The molecule has 1 fully saturated rings. The van der Waals surface area contributed by atoms with E-state index in [1.54, 1.807) is 0 Å². The van der Waals surface area contributed by atoms with Crippen LogP contribution < -0.4 is 0 Å². The van der Waals surface area contributed by atoms with Crippen molar-refractivity contribution in [2.75, 3.05) is 20.2 Å². The lowest BCUT2D eigenvalue weighted by Gasteiger charge is -2.36. The number of aliphatic hydroxyl groups is 1. The number of nitrogens with zero attached hydrogens (tertiary/aromatic N) is 1. The zero-order valence-electron chi connectivity index (χ0n) is 12.1. The van der Waals surface area contributed by atoms with E-state index in [1.807, 2.05) is 0 Å². The van der Waals surface area contributed by atoms with Crippen molar-refractivity contribution < 1.29 is 29.3 Å². The summed E-state index contributed by atoms with van der Waals surface area (Å²) in [6, 6.07) is 5.88. The van der Waals surface area contributed by atoms with Gasteiger partial charge >= 0.3 is 11.9 Å². The van der Waals surface area contributed by atoms with Crippen LogP contribution in [-0.2, 0) is 9.53 Å². The van der Waals surface area contributed by atoms with Gasteiger partial charge in [-0.05, 0) is 37.1 Å². The monoisotopic (exact) mass is 307 g/mol. The van der Waals surface area contributed by atoms with Crippen LogP contribution in [-0.4, -0.2) is 58.8 Å². The van der Waals surface area contributed by atoms with E-state index in [1.165, 1.54) is 36.3 Å². The number of methoxy groups -OCH3 is 1. The van der Waals surface area contributed by atoms with Crippen LogP contribution in [0.25, 0.3) is 0 Å². The van der Waals surface area contributed by atoms with Crippen LogP contribution in [0, 0.1) is 0 Å². The second-order valence-corrected chi connectivity index (χ2v) is 5.24. The van der Waals surface area contributed by atoms with E-state index in [2.05, 4.69) is 4.74 Å². The predicted octanol–water partition coefficient (Wildman–Crippen LogP) is 0.525. The molecule has 1 atom stereocenters. The molecule has 1 amide bonds. The van der Waals surface area contributed by atoms with Gasteiger partial charge < -0.3 is 19.8 Å². The van der Waals surface area contributed by atoms with Crippen molar-refractivity contribution in [1.29, 1.82) is 0 Å². The highest BCUT2D eigenvalue weighted by Crippen LogP contribution is 2.23. The highest BCUT2D eigenvalue weighted by Gasteiger charge is 2.41. The van der Waals surface area contributed by atoms with Crippen molar-refractivity contribution in [1.82, 2.24) is 4.90 Å². The average molecular weight is 307 g/mol. The van der Waals surface area contributed by atoms with Crippen molar-refractivity contribution in [2.45, 2.75) is 18.4 Å². The molecule has 2 rings (SSSR count). The fourth-order valence-electron chi connectivity index (χ4n) is 2.43. The molecule has 0 saturated carbocycles. The highest BCUT2D eigenvalue weighted by atomic mass is 16.5. The summed E-state index contributed by atoms with van der Waals surface area (Å²) in [6.07, 6.45) is 0.530. The fraction of sp³-hybridized carbons (Fsp3) is 0.400. The van der Waals surface area contributed by atoms with Crippen LogP contribution in [0.5, 0.6) is 0 Å². The highest BCUT2D eigenvalue weighted by molar-refractivity contribution is 5.96. The Bertz CT molecular complexity index is 597. The number of hydrogen-bond donors (Lipinski definition) is 2. The topological polar surface area (TPSA) is 104 Å². The zero-order valence-corrected chi connectivity index (χ0v) is 12.1. The number of carbonyl (C=O) groups is 3. The van der Waals surface area contributed by atoms with Gasteiger partial charge in [0.2, 0.25) is 0 Å². The molecule has 1 aromatic rings. The summed E-state index contributed by atoms with van der Waals surface area (Å²) in [7, 11) is 1.27. The minimum absolute atomic E-state index is 0.118. The molecule has 22 heavy (non-hydrogen) atoms. The lowest BCUT2D eigenvalue weighted by Crippen LogP contribution is -2.54. The van der Waals surface area contributed by atoms with Crippen molar-refractivity contribution in [3.63, 3.8) is 0 Å². The largest absolute Gasteiger partial charge is 0.479 e. The van der Waals surface area contributed by atoms with Gasteiger partial charge in [-0.25, -0.2) is 9.59 Å².